The fourth-order valence-corrected chi connectivity index (χ4v) is 4.16. The molecule has 38 heavy (non-hydrogen) atoms. The summed E-state index contributed by atoms with van der Waals surface area (Å²) in [4.78, 5) is 33.3. The van der Waals surface area contributed by atoms with Crippen LogP contribution in [0.3, 0.4) is 0 Å². The molecule has 0 aliphatic heterocycles. The van der Waals surface area contributed by atoms with Gasteiger partial charge < -0.3 is 25.5 Å². The lowest BCUT2D eigenvalue weighted by Gasteiger charge is -2.29. The number of hydrogen-bond donors (Lipinski definition) is 4. The third kappa shape index (κ3) is 10.2. The van der Waals surface area contributed by atoms with Crippen LogP contribution in [0.4, 0.5) is 4.79 Å². The number of nitrogens with zero attached hydrogens (tertiary/aromatic N) is 1. The van der Waals surface area contributed by atoms with Gasteiger partial charge in [0.1, 0.15) is 11.4 Å². The van der Waals surface area contributed by atoms with Crippen LogP contribution in [0.1, 0.15) is 57.1 Å². The molecule has 4 N–H and O–H groups in total. The van der Waals surface area contributed by atoms with Gasteiger partial charge in [0.2, 0.25) is 5.91 Å². The molecule has 206 valence electrons. The second kappa shape index (κ2) is 14.5. The van der Waals surface area contributed by atoms with Crippen LogP contribution < -0.4 is 10.6 Å². The minimum atomic E-state index is -0.994. The van der Waals surface area contributed by atoms with Crippen molar-refractivity contribution < 1.29 is 19.4 Å². The number of imidazole rings is 1. The van der Waals surface area contributed by atoms with Crippen LogP contribution in [-0.4, -0.2) is 44.8 Å². The maximum atomic E-state index is 13.4. The van der Waals surface area contributed by atoms with E-state index in [0.29, 0.717) is 18.7 Å². The molecule has 0 saturated carbocycles. The van der Waals surface area contributed by atoms with Gasteiger partial charge in [-0.15, -0.1) is 12.4 Å². The van der Waals surface area contributed by atoms with Crippen molar-refractivity contribution in [1.29, 1.82) is 0 Å². The smallest absolute Gasteiger partial charge is 0.407 e. The van der Waals surface area contributed by atoms with Crippen molar-refractivity contribution in [2.45, 2.75) is 70.7 Å². The first kappa shape index (κ1) is 30.9. The van der Waals surface area contributed by atoms with Gasteiger partial charge in [0.25, 0.3) is 0 Å². The first-order chi connectivity index (χ1) is 17.6. The van der Waals surface area contributed by atoms with Gasteiger partial charge in [-0.3, -0.25) is 4.79 Å². The summed E-state index contributed by atoms with van der Waals surface area (Å²) in [6, 6.07) is 18.3. The molecule has 0 aliphatic carbocycles. The number of aliphatic hydroxyl groups excluding tert-OH is 1. The lowest BCUT2D eigenvalue weighted by atomic mass is 9.88. The van der Waals surface area contributed by atoms with Gasteiger partial charge in [0.15, 0.2) is 0 Å². The number of aromatic amines is 1. The number of amides is 2. The molecule has 2 aromatic carbocycles. The molecule has 3 rings (SSSR count). The molecule has 0 radical (unpaired) electrons. The third-order valence-electron chi connectivity index (χ3n) is 5.98. The molecule has 0 aliphatic rings. The SMILES string of the molecule is C[C@H](NC(=O)[C@H](Cc1ccccc1)C[C@H](O)[C@H](Cc1ccccc1)NC(=O)OC(C)(C)C)c1ncc[nH]1.Cl. The largest absolute Gasteiger partial charge is 0.444 e. The second-order valence-electron chi connectivity index (χ2n) is 10.3. The average molecular weight is 543 g/mol. The number of carbonyl (C=O) groups is 2. The fourth-order valence-electron chi connectivity index (χ4n) is 4.16. The van der Waals surface area contributed by atoms with E-state index in [9.17, 15) is 14.7 Å². The van der Waals surface area contributed by atoms with E-state index < -0.39 is 29.8 Å². The molecule has 3 aromatic rings. The topological polar surface area (TPSA) is 116 Å². The molecular weight excluding hydrogens is 504 g/mol. The maximum Gasteiger partial charge on any atom is 0.407 e. The highest BCUT2D eigenvalue weighted by molar-refractivity contribution is 5.85. The highest BCUT2D eigenvalue weighted by Crippen LogP contribution is 2.20. The highest BCUT2D eigenvalue weighted by Gasteiger charge is 2.30. The average Bonchev–Trinajstić information content (AvgIpc) is 3.38. The summed E-state index contributed by atoms with van der Waals surface area (Å²) in [6.07, 6.45) is 2.73. The van der Waals surface area contributed by atoms with E-state index >= 15 is 0 Å². The van der Waals surface area contributed by atoms with Crippen LogP contribution >= 0.6 is 12.4 Å². The maximum absolute atomic E-state index is 13.4. The first-order valence-electron chi connectivity index (χ1n) is 12.7. The van der Waals surface area contributed by atoms with Gasteiger partial charge in [0, 0.05) is 18.3 Å². The van der Waals surface area contributed by atoms with E-state index in [-0.39, 0.29) is 30.8 Å². The van der Waals surface area contributed by atoms with E-state index in [1.165, 1.54) is 0 Å². The second-order valence-corrected chi connectivity index (χ2v) is 10.3. The van der Waals surface area contributed by atoms with Gasteiger partial charge in [-0.05, 0) is 58.1 Å². The summed E-state index contributed by atoms with van der Waals surface area (Å²) < 4.78 is 5.45. The van der Waals surface area contributed by atoms with Crippen molar-refractivity contribution in [1.82, 2.24) is 20.6 Å². The molecular formula is C29H39ClN4O4. The monoisotopic (exact) mass is 542 g/mol. The normalized spacial score (nSPS) is 14.3. The fraction of sp³-hybridized carbons (Fsp3) is 0.414. The molecule has 8 nitrogen and oxygen atoms in total. The van der Waals surface area contributed by atoms with Gasteiger partial charge in [-0.2, -0.15) is 0 Å². The summed E-state index contributed by atoms with van der Waals surface area (Å²) in [5.74, 6) is -0.0723. The Morgan fingerprint density at radius 3 is 2.08 bits per heavy atom. The highest BCUT2D eigenvalue weighted by atomic mass is 35.5. The van der Waals surface area contributed by atoms with E-state index in [4.69, 9.17) is 4.74 Å². The number of alkyl carbamates (subject to hydrolysis) is 1. The Balaban J connectivity index is 0.00000507. The zero-order valence-corrected chi connectivity index (χ0v) is 23.2. The number of nitrogens with one attached hydrogen (secondary N) is 3. The summed E-state index contributed by atoms with van der Waals surface area (Å²) in [6.45, 7) is 7.22. The van der Waals surface area contributed by atoms with Crippen molar-refractivity contribution in [3.63, 3.8) is 0 Å². The number of halogens is 1. The number of hydrogen-bond acceptors (Lipinski definition) is 5. The van der Waals surface area contributed by atoms with Crippen molar-refractivity contribution in [2.24, 2.45) is 5.92 Å². The number of H-pyrrole nitrogens is 1. The molecule has 1 aromatic heterocycles. The molecule has 0 saturated heterocycles. The molecule has 0 fully saturated rings. The number of ether oxygens (including phenoxy) is 1. The summed E-state index contributed by atoms with van der Waals surface area (Å²) in [7, 11) is 0. The van der Waals surface area contributed by atoms with E-state index in [1.54, 1.807) is 33.2 Å². The molecule has 4 atom stereocenters. The van der Waals surface area contributed by atoms with Crippen LogP contribution in [0.15, 0.2) is 73.1 Å². The molecule has 0 spiro atoms. The van der Waals surface area contributed by atoms with Crippen molar-refractivity contribution in [2.75, 3.05) is 0 Å². The first-order valence-corrected chi connectivity index (χ1v) is 12.7. The van der Waals surface area contributed by atoms with Crippen LogP contribution in [-0.2, 0) is 22.4 Å². The van der Waals surface area contributed by atoms with Gasteiger partial charge in [0.05, 0.1) is 18.2 Å². The van der Waals surface area contributed by atoms with Gasteiger partial charge in [-0.1, -0.05) is 60.7 Å². The van der Waals surface area contributed by atoms with Crippen LogP contribution in [0, 0.1) is 5.92 Å². The summed E-state index contributed by atoms with van der Waals surface area (Å²) >= 11 is 0. The van der Waals surface area contributed by atoms with Crippen LogP contribution in [0.5, 0.6) is 0 Å². The summed E-state index contributed by atoms with van der Waals surface area (Å²) in [5, 5.41) is 17.2. The zero-order valence-electron chi connectivity index (χ0n) is 22.4. The minimum Gasteiger partial charge on any atom is -0.444 e. The molecule has 2 amide bonds. The molecule has 1 heterocycles. The Labute approximate surface area is 231 Å². The Kier molecular flexibility index (Phi) is 11.8. The number of aliphatic hydroxyl groups is 1. The Morgan fingerprint density at radius 2 is 1.55 bits per heavy atom. The standard InChI is InChI=1S/C29H38N4O4.ClH/c1-20(26-30-15-16-31-26)32-27(35)23(17-21-11-7-5-8-12-21)19-25(34)24(18-22-13-9-6-10-14-22)33-28(36)37-29(2,3)4;/h5-16,20,23-25,34H,17-19H2,1-4H3,(H,30,31)(H,32,35)(H,33,36);1H/t20-,23+,24-,25-;/m0./s1. The Hall–Kier alpha value is -3.36. The van der Waals surface area contributed by atoms with Crippen LogP contribution in [0.2, 0.25) is 0 Å². The third-order valence-corrected chi connectivity index (χ3v) is 5.98. The molecule has 0 bridgehead atoms. The van der Waals surface area contributed by atoms with Crippen LogP contribution in [0.25, 0.3) is 0 Å². The zero-order chi connectivity index (χ0) is 26.8. The predicted molar refractivity (Wildman–Crippen MR) is 150 cm³/mol. The Morgan fingerprint density at radius 1 is 0.974 bits per heavy atom. The van der Waals surface area contributed by atoms with Gasteiger partial charge >= 0.3 is 6.09 Å². The van der Waals surface area contributed by atoms with E-state index in [0.717, 1.165) is 11.1 Å². The predicted octanol–water partition coefficient (Wildman–Crippen LogP) is 4.75. The lowest BCUT2D eigenvalue weighted by Crippen LogP contribution is -2.48. The number of rotatable bonds is 11. The van der Waals surface area contributed by atoms with E-state index in [1.807, 2.05) is 67.6 Å². The summed E-state index contributed by atoms with van der Waals surface area (Å²) in [5.41, 5.74) is 1.27. The number of benzene rings is 2. The number of aromatic nitrogens is 2. The lowest BCUT2D eigenvalue weighted by molar-refractivity contribution is -0.126. The van der Waals surface area contributed by atoms with Gasteiger partial charge in [-0.25, -0.2) is 9.78 Å². The quantitative estimate of drug-likeness (QED) is 0.279. The van der Waals surface area contributed by atoms with E-state index in [2.05, 4.69) is 20.6 Å². The van der Waals surface area contributed by atoms with Crippen molar-refractivity contribution >= 4 is 24.4 Å². The Bertz CT molecular complexity index is 1100. The number of carbonyl (C=O) groups excluding carboxylic acids is 2. The molecule has 9 heteroatoms. The minimum absolute atomic E-state index is 0. The van der Waals surface area contributed by atoms with Crippen molar-refractivity contribution in [3.8, 4) is 0 Å². The van der Waals surface area contributed by atoms with Crippen molar-refractivity contribution in [3.05, 3.63) is 90.0 Å². The molecule has 0 unspecified atom stereocenters.